The molecule has 3 heterocycles. The number of aromatic nitrogens is 2. The number of carboxylic acid groups (broad SMARTS) is 1. The number of nitrogens with two attached hydrogens (primary N) is 1. The Labute approximate surface area is 227 Å². The fraction of sp³-hybridized carbons (Fsp3) is 0.429. The summed E-state index contributed by atoms with van der Waals surface area (Å²) in [6.45, 7) is 4.15. The highest BCUT2D eigenvalue weighted by atomic mass is 16.5. The number of aliphatic carboxylic acids is 1. The lowest BCUT2D eigenvalue weighted by Crippen LogP contribution is -2.29. The number of amides is 1. The number of nitrogens with zero attached hydrogens (tertiary/aromatic N) is 4. The summed E-state index contributed by atoms with van der Waals surface area (Å²) in [6.07, 6.45) is 9.87. The number of carboxylic acids is 1. The highest BCUT2D eigenvalue weighted by Crippen LogP contribution is 2.27. The Morgan fingerprint density at radius 3 is 2.49 bits per heavy atom. The Bertz CT molecular complexity index is 1240. The highest BCUT2D eigenvalue weighted by Gasteiger charge is 2.13. The van der Waals surface area contributed by atoms with Gasteiger partial charge in [-0.1, -0.05) is 24.3 Å². The molecule has 2 aromatic heterocycles. The predicted molar refractivity (Wildman–Crippen MR) is 150 cm³/mol. The number of ether oxygens (including phenoxy) is 2. The third-order valence-corrected chi connectivity index (χ3v) is 6.19. The summed E-state index contributed by atoms with van der Waals surface area (Å²) >= 11 is 0. The van der Waals surface area contributed by atoms with Crippen LogP contribution in [0.4, 0.5) is 11.4 Å². The molecule has 0 atom stereocenters. The van der Waals surface area contributed by atoms with Crippen molar-refractivity contribution in [1.29, 1.82) is 0 Å². The van der Waals surface area contributed by atoms with Gasteiger partial charge in [0.15, 0.2) is 0 Å². The summed E-state index contributed by atoms with van der Waals surface area (Å²) in [4.78, 5) is 41.6. The highest BCUT2D eigenvalue weighted by molar-refractivity contribution is 5.93. The van der Waals surface area contributed by atoms with E-state index in [0.717, 1.165) is 4.57 Å². The van der Waals surface area contributed by atoms with E-state index in [4.69, 9.17) is 20.3 Å². The first-order valence-corrected chi connectivity index (χ1v) is 13.1. The van der Waals surface area contributed by atoms with Crippen LogP contribution in [0.3, 0.4) is 0 Å². The normalized spacial score (nSPS) is 13.0. The zero-order chi connectivity index (χ0) is 27.9. The zero-order valence-corrected chi connectivity index (χ0v) is 22.1. The summed E-state index contributed by atoms with van der Waals surface area (Å²) < 4.78 is 11.5. The third kappa shape index (κ3) is 9.47. The molecular formula is C28H37N5O6. The Morgan fingerprint density at radius 2 is 1.77 bits per heavy atom. The molecule has 0 radical (unpaired) electrons. The van der Waals surface area contributed by atoms with Crippen LogP contribution in [0.25, 0.3) is 10.8 Å². The maximum atomic E-state index is 11.5. The molecule has 0 saturated carbocycles. The molecule has 0 bridgehead atoms. The van der Waals surface area contributed by atoms with Gasteiger partial charge in [-0.15, -0.1) is 0 Å². The summed E-state index contributed by atoms with van der Waals surface area (Å²) in [7, 11) is 0. The standard InChI is InChI=1S/C14H21N3O6.C14H16N2/c15-3-5-22-7-8-23-6-4-16(11-18)12-1-2-13(19)17(9-12)10-14(20)21;1-4-8-16(9-5-1)14-11-15-10-12-6-2-3-7-13(12)14/h1-2,9,11H,3-8,10,15H2,(H,20,21);2-3,6-7,10-11H,1,4-5,8-9H2. The molecule has 0 unspecified atom stereocenters. The molecule has 0 spiro atoms. The molecule has 39 heavy (non-hydrogen) atoms. The van der Waals surface area contributed by atoms with E-state index in [1.807, 2.05) is 12.4 Å². The number of anilines is 2. The van der Waals surface area contributed by atoms with Gasteiger partial charge in [-0.05, 0) is 25.3 Å². The molecule has 1 aliphatic rings. The van der Waals surface area contributed by atoms with Crippen molar-refractivity contribution in [3.63, 3.8) is 0 Å². The number of rotatable bonds is 13. The van der Waals surface area contributed by atoms with Gasteiger partial charge in [0.1, 0.15) is 6.54 Å². The van der Waals surface area contributed by atoms with Gasteiger partial charge < -0.3 is 34.7 Å². The molecule has 1 amide bonds. The van der Waals surface area contributed by atoms with Gasteiger partial charge in [-0.2, -0.15) is 0 Å². The first kappa shape index (κ1) is 29.8. The molecule has 3 N–H and O–H groups in total. The molecule has 0 aliphatic carbocycles. The van der Waals surface area contributed by atoms with Gasteiger partial charge in [-0.3, -0.25) is 19.4 Å². The summed E-state index contributed by atoms with van der Waals surface area (Å²) in [6, 6.07) is 11.2. The lowest BCUT2D eigenvalue weighted by Gasteiger charge is -2.29. The minimum absolute atomic E-state index is 0.270. The molecule has 4 rings (SSSR count). The smallest absolute Gasteiger partial charge is 0.323 e. The van der Waals surface area contributed by atoms with Gasteiger partial charge in [0.05, 0.1) is 44.0 Å². The van der Waals surface area contributed by atoms with E-state index in [9.17, 15) is 14.4 Å². The van der Waals surface area contributed by atoms with Crippen molar-refractivity contribution in [3.8, 4) is 0 Å². The molecule has 1 saturated heterocycles. The number of fused-ring (bicyclic) bond motifs is 1. The second kappa shape index (κ2) is 16.2. The van der Waals surface area contributed by atoms with E-state index in [-0.39, 0.29) is 13.2 Å². The minimum Gasteiger partial charge on any atom is -0.480 e. The maximum Gasteiger partial charge on any atom is 0.323 e. The lowest BCUT2D eigenvalue weighted by molar-refractivity contribution is -0.137. The van der Waals surface area contributed by atoms with Crippen LogP contribution in [0.15, 0.2) is 59.8 Å². The topological polar surface area (TPSA) is 140 Å². The van der Waals surface area contributed by atoms with Crippen LogP contribution < -0.4 is 21.1 Å². The van der Waals surface area contributed by atoms with E-state index in [1.54, 1.807) is 0 Å². The average Bonchev–Trinajstić information content (AvgIpc) is 2.96. The van der Waals surface area contributed by atoms with Gasteiger partial charge in [0.2, 0.25) is 6.41 Å². The first-order chi connectivity index (χ1) is 19.0. The number of hydrogen-bond donors (Lipinski definition) is 2. The Morgan fingerprint density at radius 1 is 1.03 bits per heavy atom. The summed E-state index contributed by atoms with van der Waals surface area (Å²) in [5.74, 6) is -1.14. The van der Waals surface area contributed by atoms with Crippen LogP contribution in [-0.4, -0.2) is 79.6 Å². The molecular weight excluding hydrogens is 502 g/mol. The van der Waals surface area contributed by atoms with Crippen molar-refractivity contribution in [3.05, 3.63) is 65.3 Å². The Hall–Kier alpha value is -3.80. The van der Waals surface area contributed by atoms with Crippen molar-refractivity contribution in [2.75, 3.05) is 62.4 Å². The molecule has 210 valence electrons. The van der Waals surface area contributed by atoms with Crippen LogP contribution >= 0.6 is 0 Å². The molecule has 1 aliphatic heterocycles. The monoisotopic (exact) mass is 539 g/mol. The van der Waals surface area contributed by atoms with Crippen molar-refractivity contribution in [2.24, 2.45) is 5.73 Å². The van der Waals surface area contributed by atoms with E-state index in [0.29, 0.717) is 38.5 Å². The quantitative estimate of drug-likeness (QED) is 0.247. The number of hydrogen-bond acceptors (Lipinski definition) is 8. The molecule has 11 nitrogen and oxygen atoms in total. The van der Waals surface area contributed by atoms with Crippen LogP contribution in [0.5, 0.6) is 0 Å². The zero-order valence-electron chi connectivity index (χ0n) is 22.1. The van der Waals surface area contributed by atoms with Crippen LogP contribution in [0, 0.1) is 0 Å². The van der Waals surface area contributed by atoms with E-state index >= 15 is 0 Å². The van der Waals surface area contributed by atoms with Crippen molar-refractivity contribution >= 4 is 34.5 Å². The fourth-order valence-corrected chi connectivity index (χ4v) is 4.26. The maximum absolute atomic E-state index is 11.5. The van der Waals surface area contributed by atoms with E-state index in [2.05, 4.69) is 34.1 Å². The number of piperidine rings is 1. The van der Waals surface area contributed by atoms with Gasteiger partial charge in [0.25, 0.3) is 5.56 Å². The molecule has 11 heteroatoms. The number of pyridine rings is 2. The van der Waals surface area contributed by atoms with Crippen LogP contribution in [0.2, 0.25) is 0 Å². The van der Waals surface area contributed by atoms with Gasteiger partial charge in [0, 0.05) is 55.4 Å². The van der Waals surface area contributed by atoms with Crippen molar-refractivity contribution < 1.29 is 24.2 Å². The van der Waals surface area contributed by atoms with Crippen LogP contribution in [0.1, 0.15) is 19.3 Å². The Balaban J connectivity index is 0.000000228. The largest absolute Gasteiger partial charge is 0.480 e. The van der Waals surface area contributed by atoms with Crippen LogP contribution in [-0.2, 0) is 25.6 Å². The third-order valence-electron chi connectivity index (χ3n) is 6.19. The second-order valence-corrected chi connectivity index (χ2v) is 8.99. The minimum atomic E-state index is -1.14. The first-order valence-electron chi connectivity index (χ1n) is 13.1. The summed E-state index contributed by atoms with van der Waals surface area (Å²) in [5, 5.41) is 11.3. The van der Waals surface area contributed by atoms with E-state index < -0.39 is 18.1 Å². The summed E-state index contributed by atoms with van der Waals surface area (Å²) in [5.41, 5.74) is 6.55. The lowest BCUT2D eigenvalue weighted by atomic mass is 10.1. The van der Waals surface area contributed by atoms with Gasteiger partial charge in [-0.25, -0.2) is 0 Å². The van der Waals surface area contributed by atoms with Crippen molar-refractivity contribution in [2.45, 2.75) is 25.8 Å². The second-order valence-electron chi connectivity index (χ2n) is 8.99. The predicted octanol–water partition coefficient (Wildman–Crippen LogP) is 2.11. The Kier molecular flexibility index (Phi) is 12.4. The number of carbonyl (C=O) groups excluding carboxylic acids is 1. The van der Waals surface area contributed by atoms with E-state index in [1.165, 1.54) is 72.0 Å². The molecule has 1 aromatic carbocycles. The number of carbonyl (C=O) groups is 2. The molecule has 1 fully saturated rings. The van der Waals surface area contributed by atoms with Crippen molar-refractivity contribution in [1.82, 2.24) is 9.55 Å². The fourth-order valence-electron chi connectivity index (χ4n) is 4.26. The molecule has 3 aromatic rings. The van der Waals surface area contributed by atoms with Gasteiger partial charge >= 0.3 is 5.97 Å². The SMILES string of the molecule is NCCOCCOCCN(C=O)c1ccc(=O)n(CC(=O)O)c1.c1ccc2c(N3CCCCC3)cncc2c1. The number of benzene rings is 1. The average molecular weight is 540 g/mol.